The van der Waals surface area contributed by atoms with E-state index in [4.69, 9.17) is 23.2 Å². The molecule has 3 amide bonds. The number of carbonyl (C=O) groups is 3. The molecule has 0 unspecified atom stereocenters. The molecule has 156 valence electrons. The summed E-state index contributed by atoms with van der Waals surface area (Å²) in [6.07, 6.45) is 1.60. The number of hydrogen-bond donors (Lipinski definition) is 2. The van der Waals surface area contributed by atoms with Gasteiger partial charge >= 0.3 is 0 Å². The highest BCUT2D eigenvalue weighted by Crippen LogP contribution is 2.34. The largest absolute Gasteiger partial charge is 0.350 e. The molecule has 10 heteroatoms. The summed E-state index contributed by atoms with van der Waals surface area (Å²) < 4.78 is 0. The Morgan fingerprint density at radius 2 is 1.81 bits per heavy atom. The number of nitrogens with one attached hydrogen (secondary N) is 2. The molecule has 0 bridgehead atoms. The van der Waals surface area contributed by atoms with Gasteiger partial charge in [-0.15, -0.1) is 11.3 Å². The van der Waals surface area contributed by atoms with E-state index in [2.05, 4.69) is 15.6 Å². The Labute approximate surface area is 191 Å². The van der Waals surface area contributed by atoms with E-state index in [1.807, 2.05) is 0 Å². The van der Waals surface area contributed by atoms with Gasteiger partial charge < -0.3 is 5.32 Å². The summed E-state index contributed by atoms with van der Waals surface area (Å²) in [5.41, 5.74) is 1.81. The van der Waals surface area contributed by atoms with Gasteiger partial charge in [-0.25, -0.2) is 9.88 Å². The third-order valence-electron chi connectivity index (χ3n) is 4.58. The van der Waals surface area contributed by atoms with Gasteiger partial charge in [-0.2, -0.15) is 0 Å². The number of rotatable bonds is 5. The van der Waals surface area contributed by atoms with E-state index < -0.39 is 11.8 Å². The summed E-state index contributed by atoms with van der Waals surface area (Å²) in [6.45, 7) is 1.72. The number of imide groups is 1. The van der Waals surface area contributed by atoms with E-state index in [0.717, 1.165) is 4.90 Å². The van der Waals surface area contributed by atoms with Gasteiger partial charge in [0.1, 0.15) is 10.7 Å². The Bertz CT molecular complexity index is 1220. The number of anilines is 3. The maximum Gasteiger partial charge on any atom is 0.283 e. The van der Waals surface area contributed by atoms with Crippen LogP contribution in [0.2, 0.25) is 5.02 Å². The number of amides is 3. The van der Waals surface area contributed by atoms with Gasteiger partial charge in [0.25, 0.3) is 17.7 Å². The molecule has 0 radical (unpaired) electrons. The molecule has 0 atom stereocenters. The van der Waals surface area contributed by atoms with Gasteiger partial charge in [-0.3, -0.25) is 19.7 Å². The number of benzene rings is 2. The van der Waals surface area contributed by atoms with Gasteiger partial charge in [0.05, 0.1) is 5.69 Å². The van der Waals surface area contributed by atoms with Crippen LogP contribution in [0.1, 0.15) is 15.9 Å². The van der Waals surface area contributed by atoms with Crippen molar-refractivity contribution in [2.45, 2.75) is 6.92 Å². The van der Waals surface area contributed by atoms with E-state index >= 15 is 0 Å². The van der Waals surface area contributed by atoms with Gasteiger partial charge in [-0.05, 0) is 48.9 Å². The van der Waals surface area contributed by atoms with Crippen LogP contribution in [0.5, 0.6) is 0 Å². The van der Waals surface area contributed by atoms with Crippen LogP contribution >= 0.6 is 34.5 Å². The number of halogens is 2. The zero-order valence-electron chi connectivity index (χ0n) is 16.0. The summed E-state index contributed by atoms with van der Waals surface area (Å²) in [7, 11) is 0. The lowest BCUT2D eigenvalue weighted by Crippen LogP contribution is -2.32. The molecule has 31 heavy (non-hydrogen) atoms. The molecule has 0 saturated carbocycles. The van der Waals surface area contributed by atoms with Crippen LogP contribution < -0.4 is 15.5 Å². The monoisotopic (exact) mass is 472 g/mol. The lowest BCUT2D eigenvalue weighted by atomic mass is 10.2. The first-order chi connectivity index (χ1) is 14.9. The van der Waals surface area contributed by atoms with Crippen LogP contribution in [-0.2, 0) is 9.59 Å². The molecule has 0 fully saturated rings. The third kappa shape index (κ3) is 4.05. The topological polar surface area (TPSA) is 91.4 Å². The van der Waals surface area contributed by atoms with Gasteiger partial charge in [0, 0.05) is 27.9 Å². The molecule has 0 spiro atoms. The zero-order valence-corrected chi connectivity index (χ0v) is 18.3. The second-order valence-corrected chi connectivity index (χ2v) is 8.19. The van der Waals surface area contributed by atoms with E-state index in [-0.39, 0.29) is 16.6 Å². The van der Waals surface area contributed by atoms with Gasteiger partial charge in [-0.1, -0.05) is 29.3 Å². The Morgan fingerprint density at radius 3 is 2.48 bits per heavy atom. The maximum atomic E-state index is 12.9. The predicted octanol–water partition coefficient (Wildman–Crippen LogP) is 4.79. The van der Waals surface area contributed by atoms with Crippen molar-refractivity contribution in [1.29, 1.82) is 0 Å². The summed E-state index contributed by atoms with van der Waals surface area (Å²) in [5.74, 6) is -1.54. The van der Waals surface area contributed by atoms with Gasteiger partial charge in [0.2, 0.25) is 0 Å². The smallest absolute Gasteiger partial charge is 0.283 e. The SMILES string of the molecule is Cc1c(Cl)cccc1N1C(=O)C(Cl)=C(Nc2ccc(C(=O)Nc3nccs3)cc2)C1=O. The second-order valence-electron chi connectivity index (χ2n) is 6.51. The Hall–Kier alpha value is -3.20. The highest BCUT2D eigenvalue weighted by atomic mass is 35.5. The van der Waals surface area contributed by atoms with Crippen LogP contribution in [-0.4, -0.2) is 22.7 Å². The maximum absolute atomic E-state index is 12.9. The minimum Gasteiger partial charge on any atom is -0.350 e. The Kier molecular flexibility index (Phi) is 5.77. The molecule has 4 rings (SSSR count). The van der Waals surface area contributed by atoms with Crippen molar-refractivity contribution >= 4 is 68.8 Å². The van der Waals surface area contributed by atoms with Crippen LogP contribution in [0, 0.1) is 6.92 Å². The molecule has 1 aromatic heterocycles. The van der Waals surface area contributed by atoms with Crippen molar-refractivity contribution in [2.24, 2.45) is 0 Å². The summed E-state index contributed by atoms with van der Waals surface area (Å²) >= 11 is 13.6. The quantitative estimate of drug-likeness (QED) is 0.520. The standard InChI is InChI=1S/C21H14Cl2N4O3S/c1-11-14(22)3-2-4-15(11)27-19(29)16(23)17(20(27)30)25-13-7-5-12(6-8-13)18(28)26-21-24-9-10-31-21/h2-10,25H,1H3,(H,24,26,28). The van der Waals surface area contributed by atoms with Crippen molar-refractivity contribution in [3.8, 4) is 0 Å². The lowest BCUT2D eigenvalue weighted by molar-refractivity contribution is -0.120. The summed E-state index contributed by atoms with van der Waals surface area (Å²) in [6, 6.07) is 11.3. The minimum absolute atomic E-state index is 0.0500. The first-order valence-electron chi connectivity index (χ1n) is 8.98. The third-order valence-corrected chi connectivity index (χ3v) is 6.03. The van der Waals surface area contributed by atoms with Crippen LogP contribution in [0.25, 0.3) is 0 Å². The van der Waals surface area contributed by atoms with Crippen molar-refractivity contribution < 1.29 is 14.4 Å². The molecule has 2 heterocycles. The van der Waals surface area contributed by atoms with Crippen molar-refractivity contribution in [3.05, 3.63) is 80.9 Å². The van der Waals surface area contributed by atoms with Crippen LogP contribution in [0.4, 0.5) is 16.5 Å². The highest BCUT2D eigenvalue weighted by Gasteiger charge is 2.39. The molecule has 2 aromatic carbocycles. The number of carbonyl (C=O) groups excluding carboxylic acids is 3. The Balaban J connectivity index is 1.52. The van der Waals surface area contributed by atoms with Crippen LogP contribution in [0.3, 0.4) is 0 Å². The van der Waals surface area contributed by atoms with Crippen molar-refractivity contribution in [1.82, 2.24) is 4.98 Å². The summed E-state index contributed by atoms with van der Waals surface area (Å²) in [5, 5.41) is 8.02. The summed E-state index contributed by atoms with van der Waals surface area (Å²) in [4.78, 5) is 42.8. The number of nitrogens with zero attached hydrogens (tertiary/aromatic N) is 2. The fourth-order valence-corrected chi connectivity index (χ4v) is 3.88. The molecule has 3 aromatic rings. The second kappa shape index (κ2) is 8.50. The number of hydrogen-bond acceptors (Lipinski definition) is 6. The number of thiazole rings is 1. The molecule has 2 N–H and O–H groups in total. The van der Waals surface area contributed by atoms with Crippen LogP contribution in [0.15, 0.2) is 64.8 Å². The number of aromatic nitrogens is 1. The fourth-order valence-electron chi connectivity index (χ4n) is 2.97. The molecule has 1 aliphatic rings. The molecular formula is C21H14Cl2N4O3S. The molecular weight excluding hydrogens is 459 g/mol. The first-order valence-corrected chi connectivity index (χ1v) is 10.6. The lowest BCUT2D eigenvalue weighted by Gasteiger charge is -2.18. The molecule has 0 saturated heterocycles. The first kappa shape index (κ1) is 21.0. The van der Waals surface area contributed by atoms with Crippen molar-refractivity contribution in [2.75, 3.05) is 15.5 Å². The van der Waals surface area contributed by atoms with Crippen molar-refractivity contribution in [3.63, 3.8) is 0 Å². The zero-order chi connectivity index (χ0) is 22.1. The van der Waals surface area contributed by atoms with Gasteiger partial charge in [0.15, 0.2) is 5.13 Å². The van der Waals surface area contributed by atoms with E-state index in [1.165, 1.54) is 11.3 Å². The minimum atomic E-state index is -0.640. The average molecular weight is 473 g/mol. The Morgan fingerprint density at radius 1 is 1.06 bits per heavy atom. The fraction of sp³-hybridized carbons (Fsp3) is 0.0476. The molecule has 0 aliphatic carbocycles. The molecule has 7 nitrogen and oxygen atoms in total. The average Bonchev–Trinajstić information content (AvgIpc) is 3.34. The van der Waals surface area contributed by atoms with E-state index in [9.17, 15) is 14.4 Å². The van der Waals surface area contributed by atoms with E-state index in [1.54, 1.807) is 61.0 Å². The highest BCUT2D eigenvalue weighted by molar-refractivity contribution is 7.13. The molecule has 1 aliphatic heterocycles. The van der Waals surface area contributed by atoms with E-state index in [0.29, 0.717) is 32.7 Å². The normalized spacial score (nSPS) is 13.7. The predicted molar refractivity (Wildman–Crippen MR) is 122 cm³/mol.